The van der Waals surface area contributed by atoms with E-state index >= 15 is 0 Å². The first kappa shape index (κ1) is 11.7. The molecule has 1 unspecified atom stereocenters. The van der Waals surface area contributed by atoms with Crippen molar-refractivity contribution < 1.29 is 10.0 Å². The average Bonchev–Trinajstić information content (AvgIpc) is 2.83. The number of aromatic nitrogens is 1. The van der Waals surface area contributed by atoms with Gasteiger partial charge in [0.1, 0.15) is 10.6 Å². The first-order chi connectivity index (χ1) is 8.01. The molecule has 0 aliphatic carbocycles. The molecule has 0 saturated carbocycles. The summed E-state index contributed by atoms with van der Waals surface area (Å²) in [5.74, 6) is 0. The highest BCUT2D eigenvalue weighted by atomic mass is 32.1. The van der Waals surface area contributed by atoms with Gasteiger partial charge in [-0.15, -0.1) is 11.3 Å². The summed E-state index contributed by atoms with van der Waals surface area (Å²) in [7, 11) is 0. The fourth-order valence-electron chi connectivity index (χ4n) is 1.50. The molecule has 0 bridgehead atoms. The molecule has 0 fully saturated rings. The van der Waals surface area contributed by atoms with Gasteiger partial charge in [-0.2, -0.15) is 0 Å². The number of hydrogen-bond acceptors (Lipinski definition) is 5. The highest BCUT2D eigenvalue weighted by Crippen LogP contribution is 2.31. The molecule has 1 heterocycles. The third-order valence-corrected chi connectivity index (χ3v) is 3.47. The van der Waals surface area contributed by atoms with Crippen LogP contribution in [0, 0.1) is 10.1 Å². The largest absolute Gasteiger partial charge is 0.378 e. The van der Waals surface area contributed by atoms with E-state index in [4.69, 9.17) is 0 Å². The fraction of sp³-hybridized carbons (Fsp3) is 0.182. The molecular formula is C11H10N2O3S. The summed E-state index contributed by atoms with van der Waals surface area (Å²) < 4.78 is 0. The molecule has 0 saturated heterocycles. The molecule has 2 rings (SSSR count). The Kier molecular flexibility index (Phi) is 2.91. The van der Waals surface area contributed by atoms with Crippen LogP contribution in [0.4, 0.5) is 5.69 Å². The molecule has 1 aromatic carbocycles. The third-order valence-electron chi connectivity index (χ3n) is 2.49. The molecule has 6 heteroatoms. The smallest absolute Gasteiger partial charge is 0.269 e. The lowest BCUT2D eigenvalue weighted by Crippen LogP contribution is -2.22. The average molecular weight is 250 g/mol. The minimum absolute atomic E-state index is 0.00342. The van der Waals surface area contributed by atoms with E-state index in [9.17, 15) is 15.2 Å². The van der Waals surface area contributed by atoms with Crippen LogP contribution in [-0.2, 0) is 5.60 Å². The van der Waals surface area contributed by atoms with Crippen LogP contribution in [0.2, 0.25) is 0 Å². The van der Waals surface area contributed by atoms with Gasteiger partial charge in [-0.1, -0.05) is 0 Å². The van der Waals surface area contributed by atoms with Gasteiger partial charge >= 0.3 is 0 Å². The second-order valence-corrected chi connectivity index (χ2v) is 4.61. The molecule has 1 atom stereocenters. The molecule has 0 spiro atoms. The Balaban J connectivity index is 2.37. The number of aliphatic hydroxyl groups is 1. The van der Waals surface area contributed by atoms with Gasteiger partial charge in [0.05, 0.1) is 4.92 Å². The molecule has 2 aromatic rings. The van der Waals surface area contributed by atoms with Crippen LogP contribution in [-0.4, -0.2) is 15.0 Å². The second kappa shape index (κ2) is 4.23. The van der Waals surface area contributed by atoms with Crippen molar-refractivity contribution in [2.45, 2.75) is 12.5 Å². The molecule has 1 aromatic heterocycles. The van der Waals surface area contributed by atoms with Crippen molar-refractivity contribution in [3.63, 3.8) is 0 Å². The maximum atomic E-state index is 10.5. The van der Waals surface area contributed by atoms with Gasteiger partial charge in [-0.05, 0) is 24.6 Å². The van der Waals surface area contributed by atoms with Crippen molar-refractivity contribution >= 4 is 17.0 Å². The summed E-state index contributed by atoms with van der Waals surface area (Å²) >= 11 is 1.34. The Bertz CT molecular complexity index is 520. The molecule has 5 nitrogen and oxygen atoms in total. The Morgan fingerprint density at radius 2 is 2.06 bits per heavy atom. The maximum absolute atomic E-state index is 10.5. The quantitative estimate of drug-likeness (QED) is 0.670. The van der Waals surface area contributed by atoms with Gasteiger partial charge in [-0.25, -0.2) is 4.98 Å². The van der Waals surface area contributed by atoms with E-state index < -0.39 is 10.5 Å². The lowest BCUT2D eigenvalue weighted by molar-refractivity contribution is -0.384. The molecular weight excluding hydrogens is 240 g/mol. The van der Waals surface area contributed by atoms with E-state index in [0.717, 1.165) is 0 Å². The number of nitro groups is 1. The topological polar surface area (TPSA) is 76.3 Å². The van der Waals surface area contributed by atoms with E-state index in [1.54, 1.807) is 30.6 Å². The summed E-state index contributed by atoms with van der Waals surface area (Å²) in [6, 6.07) is 5.83. The zero-order chi connectivity index (χ0) is 12.5. The summed E-state index contributed by atoms with van der Waals surface area (Å²) in [6.45, 7) is 1.62. The van der Waals surface area contributed by atoms with Gasteiger partial charge in [0, 0.05) is 23.7 Å². The highest BCUT2D eigenvalue weighted by Gasteiger charge is 2.28. The second-order valence-electron chi connectivity index (χ2n) is 3.71. The standard InChI is InChI=1S/C11H10N2O3S/c1-11(14,10-12-6-7-17-10)8-2-4-9(5-3-8)13(15)16/h2-7,14H,1H3. The Morgan fingerprint density at radius 1 is 1.41 bits per heavy atom. The molecule has 0 aliphatic rings. The fourth-order valence-corrected chi connectivity index (χ4v) is 2.21. The van der Waals surface area contributed by atoms with Crippen LogP contribution < -0.4 is 0 Å². The zero-order valence-electron chi connectivity index (χ0n) is 9.03. The van der Waals surface area contributed by atoms with Crippen molar-refractivity contribution in [1.29, 1.82) is 0 Å². The van der Waals surface area contributed by atoms with Crippen molar-refractivity contribution in [1.82, 2.24) is 4.98 Å². The van der Waals surface area contributed by atoms with E-state index in [1.165, 1.54) is 23.5 Å². The van der Waals surface area contributed by atoms with Crippen molar-refractivity contribution in [3.05, 3.63) is 56.5 Å². The summed E-state index contributed by atoms with van der Waals surface area (Å²) in [4.78, 5) is 14.1. The first-order valence-electron chi connectivity index (χ1n) is 4.89. The monoisotopic (exact) mass is 250 g/mol. The van der Waals surface area contributed by atoms with Crippen LogP contribution >= 0.6 is 11.3 Å². The number of nitro benzene ring substituents is 1. The van der Waals surface area contributed by atoms with Crippen molar-refractivity contribution in [2.24, 2.45) is 0 Å². The minimum atomic E-state index is -1.22. The number of benzene rings is 1. The van der Waals surface area contributed by atoms with Gasteiger partial charge in [0.25, 0.3) is 5.69 Å². The van der Waals surface area contributed by atoms with Crippen LogP contribution in [0.5, 0.6) is 0 Å². The van der Waals surface area contributed by atoms with Crippen molar-refractivity contribution in [2.75, 3.05) is 0 Å². The van der Waals surface area contributed by atoms with Crippen molar-refractivity contribution in [3.8, 4) is 0 Å². The Morgan fingerprint density at radius 3 is 2.53 bits per heavy atom. The number of hydrogen-bond donors (Lipinski definition) is 1. The Labute approximate surface area is 102 Å². The number of non-ortho nitro benzene ring substituents is 1. The SMILES string of the molecule is CC(O)(c1ccc([N+](=O)[O-])cc1)c1nccs1. The molecule has 0 radical (unpaired) electrons. The van der Waals surface area contributed by atoms with Gasteiger partial charge < -0.3 is 5.11 Å². The first-order valence-corrected chi connectivity index (χ1v) is 5.77. The van der Waals surface area contributed by atoms with E-state index in [0.29, 0.717) is 10.6 Å². The van der Waals surface area contributed by atoms with Gasteiger partial charge in [0.15, 0.2) is 0 Å². The summed E-state index contributed by atoms with van der Waals surface area (Å²) in [5.41, 5.74) is -0.634. The van der Waals surface area contributed by atoms with E-state index in [2.05, 4.69) is 4.98 Å². The lowest BCUT2D eigenvalue weighted by atomic mass is 9.97. The van der Waals surface area contributed by atoms with Crippen LogP contribution in [0.25, 0.3) is 0 Å². The predicted octanol–water partition coefficient (Wildman–Crippen LogP) is 2.31. The summed E-state index contributed by atoms with van der Waals surface area (Å²) in [6.07, 6.45) is 1.61. The van der Waals surface area contributed by atoms with Crippen LogP contribution in [0.1, 0.15) is 17.5 Å². The van der Waals surface area contributed by atoms with E-state index in [1.807, 2.05) is 0 Å². The van der Waals surface area contributed by atoms with Gasteiger partial charge in [-0.3, -0.25) is 10.1 Å². The number of thiazole rings is 1. The van der Waals surface area contributed by atoms with Gasteiger partial charge in [0.2, 0.25) is 0 Å². The molecule has 17 heavy (non-hydrogen) atoms. The van der Waals surface area contributed by atoms with E-state index in [-0.39, 0.29) is 5.69 Å². The maximum Gasteiger partial charge on any atom is 0.269 e. The Hall–Kier alpha value is -1.79. The zero-order valence-corrected chi connectivity index (χ0v) is 9.85. The molecule has 0 aliphatic heterocycles. The molecule has 1 N–H and O–H groups in total. The molecule has 0 amide bonds. The van der Waals surface area contributed by atoms with Crippen LogP contribution in [0.15, 0.2) is 35.8 Å². The van der Waals surface area contributed by atoms with Crippen LogP contribution in [0.3, 0.4) is 0 Å². The third kappa shape index (κ3) is 2.17. The minimum Gasteiger partial charge on any atom is -0.378 e. The number of rotatable bonds is 3. The summed E-state index contributed by atoms with van der Waals surface area (Å²) in [5, 5.41) is 23.2. The predicted molar refractivity (Wildman–Crippen MR) is 63.9 cm³/mol. The normalized spacial score (nSPS) is 14.2. The lowest BCUT2D eigenvalue weighted by Gasteiger charge is -2.20. The molecule has 88 valence electrons. The highest BCUT2D eigenvalue weighted by molar-refractivity contribution is 7.09. The number of nitrogens with zero attached hydrogens (tertiary/aromatic N) is 2.